The molecule has 2 aromatic heterocycles. The third-order valence-electron chi connectivity index (χ3n) is 4.41. The Bertz CT molecular complexity index is 950. The number of carbonyl (C=O) groups is 1. The Labute approximate surface area is 164 Å². The Balaban J connectivity index is 1.24. The van der Waals surface area contributed by atoms with Crippen LogP contribution in [0.4, 0.5) is 5.13 Å². The topological polar surface area (TPSA) is 85.2 Å². The number of anilines is 1. The number of rotatable bonds is 7. The molecule has 0 bridgehead atoms. The third-order valence-corrected chi connectivity index (χ3v) is 6.52. The highest BCUT2D eigenvalue weighted by molar-refractivity contribution is 7.99. The van der Waals surface area contributed by atoms with Crippen LogP contribution in [0.15, 0.2) is 29.7 Å². The van der Waals surface area contributed by atoms with Gasteiger partial charge in [-0.3, -0.25) is 4.79 Å². The number of carbonyl (C=O) groups excluding carboxylic acids is 1. The fraction of sp³-hybridized carbons (Fsp3) is 0.412. The van der Waals surface area contributed by atoms with E-state index in [0.717, 1.165) is 32.0 Å². The Hall–Kier alpha value is -2.33. The molecule has 1 aliphatic rings. The minimum absolute atomic E-state index is 0.0198. The van der Waals surface area contributed by atoms with Crippen molar-refractivity contribution >= 4 is 44.4 Å². The summed E-state index contributed by atoms with van der Waals surface area (Å²) in [7, 11) is 3.56. The summed E-state index contributed by atoms with van der Waals surface area (Å²) in [6.07, 6.45) is 1.67. The van der Waals surface area contributed by atoms with Gasteiger partial charge in [-0.1, -0.05) is 23.1 Å². The van der Waals surface area contributed by atoms with Crippen molar-refractivity contribution in [2.75, 3.05) is 37.4 Å². The summed E-state index contributed by atoms with van der Waals surface area (Å²) in [6.45, 7) is 2.03. The van der Waals surface area contributed by atoms with Crippen LogP contribution in [-0.2, 0) is 11.8 Å². The van der Waals surface area contributed by atoms with Gasteiger partial charge in [0.15, 0.2) is 10.3 Å². The first-order chi connectivity index (χ1) is 13.1. The van der Waals surface area contributed by atoms with Crippen molar-refractivity contribution in [3.8, 4) is 5.75 Å². The lowest BCUT2D eigenvalue weighted by molar-refractivity contribution is -0.125. The zero-order valence-electron chi connectivity index (χ0n) is 15.1. The average Bonchev–Trinajstić information content (AvgIpc) is 3.22. The number of aryl methyl sites for hydroxylation is 1. The van der Waals surface area contributed by atoms with Gasteiger partial charge in [-0.2, -0.15) is 0 Å². The molecule has 8 nitrogen and oxygen atoms in total. The van der Waals surface area contributed by atoms with Crippen LogP contribution in [0, 0.1) is 5.92 Å². The minimum atomic E-state index is 0.0198. The highest BCUT2D eigenvalue weighted by Gasteiger charge is 2.34. The van der Waals surface area contributed by atoms with E-state index in [1.807, 2.05) is 29.8 Å². The van der Waals surface area contributed by atoms with Crippen molar-refractivity contribution in [1.29, 1.82) is 0 Å². The molecule has 3 aromatic rings. The van der Waals surface area contributed by atoms with Crippen LogP contribution in [0.3, 0.4) is 0 Å². The minimum Gasteiger partial charge on any atom is -0.497 e. The molecule has 142 valence electrons. The number of benzene rings is 1. The maximum Gasteiger partial charge on any atom is 0.226 e. The van der Waals surface area contributed by atoms with Crippen LogP contribution in [0.1, 0.15) is 0 Å². The summed E-state index contributed by atoms with van der Waals surface area (Å²) >= 11 is 3.21. The number of nitrogens with one attached hydrogen (secondary N) is 1. The van der Waals surface area contributed by atoms with E-state index >= 15 is 0 Å². The number of nitrogens with zero attached hydrogens (tertiary/aromatic N) is 5. The van der Waals surface area contributed by atoms with Crippen LogP contribution < -0.4 is 15.0 Å². The lowest BCUT2D eigenvalue weighted by atomic mass is 10.0. The maximum absolute atomic E-state index is 12.3. The van der Waals surface area contributed by atoms with E-state index in [-0.39, 0.29) is 11.8 Å². The smallest absolute Gasteiger partial charge is 0.226 e. The predicted molar refractivity (Wildman–Crippen MR) is 107 cm³/mol. The summed E-state index contributed by atoms with van der Waals surface area (Å²) in [5.74, 6) is 1.73. The van der Waals surface area contributed by atoms with Gasteiger partial charge >= 0.3 is 0 Å². The number of thioether (sulfide) groups is 1. The number of amides is 1. The molecular formula is C17H20N6O2S2. The van der Waals surface area contributed by atoms with E-state index in [9.17, 15) is 4.79 Å². The predicted octanol–water partition coefficient (Wildman–Crippen LogP) is 1.78. The van der Waals surface area contributed by atoms with E-state index in [4.69, 9.17) is 4.74 Å². The summed E-state index contributed by atoms with van der Waals surface area (Å²) in [5.41, 5.74) is 0.963. The van der Waals surface area contributed by atoms with Crippen molar-refractivity contribution in [2.45, 2.75) is 5.16 Å². The van der Waals surface area contributed by atoms with Gasteiger partial charge in [-0.25, -0.2) is 4.98 Å². The highest BCUT2D eigenvalue weighted by atomic mass is 32.2. The monoisotopic (exact) mass is 404 g/mol. The SMILES string of the molecule is COc1ccc2nc(N3CC(C(=O)NCCSc4nncn4C)C3)sc2c1. The molecule has 0 radical (unpaired) electrons. The number of aromatic nitrogens is 4. The van der Waals surface area contributed by atoms with Crippen LogP contribution >= 0.6 is 23.1 Å². The van der Waals surface area contributed by atoms with Gasteiger partial charge in [0, 0.05) is 32.4 Å². The van der Waals surface area contributed by atoms with E-state index < -0.39 is 0 Å². The quantitative estimate of drug-likeness (QED) is 0.474. The Morgan fingerprint density at radius 1 is 1.44 bits per heavy atom. The molecular weight excluding hydrogens is 384 g/mol. The Morgan fingerprint density at radius 3 is 3.04 bits per heavy atom. The van der Waals surface area contributed by atoms with Gasteiger partial charge in [0.2, 0.25) is 5.91 Å². The largest absolute Gasteiger partial charge is 0.497 e. The van der Waals surface area contributed by atoms with E-state index in [0.29, 0.717) is 19.6 Å². The molecule has 0 unspecified atom stereocenters. The van der Waals surface area contributed by atoms with Crippen molar-refractivity contribution < 1.29 is 9.53 Å². The van der Waals surface area contributed by atoms with Crippen LogP contribution in [0.2, 0.25) is 0 Å². The fourth-order valence-corrected chi connectivity index (χ4v) is 4.57. The first-order valence-corrected chi connectivity index (χ1v) is 10.4. The van der Waals surface area contributed by atoms with Crippen LogP contribution in [0.5, 0.6) is 5.75 Å². The molecule has 0 atom stereocenters. The molecule has 4 rings (SSSR count). The zero-order valence-corrected chi connectivity index (χ0v) is 16.7. The molecule has 10 heteroatoms. The van der Waals surface area contributed by atoms with Crippen LogP contribution in [0.25, 0.3) is 10.2 Å². The standard InChI is InChI=1S/C17H20N6O2S2/c1-22-10-19-21-17(22)26-6-5-18-15(24)11-8-23(9-11)16-20-13-4-3-12(25-2)7-14(13)27-16/h3-4,7,10-11H,5-6,8-9H2,1-2H3,(H,18,24). The van der Waals surface area contributed by atoms with E-state index in [2.05, 4.69) is 25.4 Å². The number of thiazole rings is 1. The molecule has 1 saturated heterocycles. The first kappa shape index (κ1) is 18.1. The van der Waals surface area contributed by atoms with Gasteiger partial charge in [0.05, 0.1) is 23.2 Å². The normalized spacial score (nSPS) is 14.4. The molecule has 0 spiro atoms. The van der Waals surface area contributed by atoms with E-state index in [1.54, 1.807) is 36.5 Å². The number of methoxy groups -OCH3 is 1. The third kappa shape index (κ3) is 3.86. The lowest BCUT2D eigenvalue weighted by Gasteiger charge is -2.37. The number of ether oxygens (including phenoxy) is 1. The zero-order chi connectivity index (χ0) is 18.8. The molecule has 0 aliphatic carbocycles. The second-order valence-corrected chi connectivity index (χ2v) is 8.37. The lowest BCUT2D eigenvalue weighted by Crippen LogP contribution is -2.54. The maximum atomic E-state index is 12.3. The molecule has 27 heavy (non-hydrogen) atoms. The van der Waals surface area contributed by atoms with E-state index in [1.165, 1.54) is 0 Å². The first-order valence-electron chi connectivity index (χ1n) is 8.58. The van der Waals surface area contributed by atoms with Crippen molar-refractivity contribution in [2.24, 2.45) is 13.0 Å². The number of hydrogen-bond donors (Lipinski definition) is 1. The molecule has 1 aliphatic heterocycles. The summed E-state index contributed by atoms with van der Waals surface area (Å²) in [4.78, 5) is 19.1. The van der Waals surface area contributed by atoms with Crippen molar-refractivity contribution in [3.05, 3.63) is 24.5 Å². The molecule has 1 fully saturated rings. The van der Waals surface area contributed by atoms with Gasteiger partial charge in [-0.15, -0.1) is 10.2 Å². The Kier molecular flexibility index (Phi) is 5.17. The van der Waals surface area contributed by atoms with Crippen molar-refractivity contribution in [1.82, 2.24) is 25.1 Å². The average molecular weight is 405 g/mol. The molecule has 3 heterocycles. The highest BCUT2D eigenvalue weighted by Crippen LogP contribution is 2.34. The second kappa shape index (κ2) is 7.73. The van der Waals surface area contributed by atoms with Gasteiger partial charge in [0.1, 0.15) is 12.1 Å². The van der Waals surface area contributed by atoms with Crippen LogP contribution in [-0.4, -0.2) is 58.2 Å². The number of fused-ring (bicyclic) bond motifs is 1. The summed E-state index contributed by atoms with van der Waals surface area (Å²) < 4.78 is 8.22. The molecule has 1 N–H and O–H groups in total. The molecule has 0 saturated carbocycles. The van der Waals surface area contributed by atoms with Gasteiger partial charge < -0.3 is 19.5 Å². The van der Waals surface area contributed by atoms with Gasteiger partial charge in [0.25, 0.3) is 0 Å². The molecule has 1 aromatic carbocycles. The number of hydrogen-bond acceptors (Lipinski definition) is 8. The summed E-state index contributed by atoms with van der Waals surface area (Å²) in [5, 5.41) is 12.7. The van der Waals surface area contributed by atoms with Gasteiger partial charge in [-0.05, 0) is 18.2 Å². The molecule has 1 amide bonds. The summed E-state index contributed by atoms with van der Waals surface area (Å²) in [6, 6.07) is 5.87. The fourth-order valence-electron chi connectivity index (χ4n) is 2.82. The Morgan fingerprint density at radius 2 is 2.30 bits per heavy atom. The second-order valence-electron chi connectivity index (χ2n) is 6.30. The van der Waals surface area contributed by atoms with Crippen molar-refractivity contribution in [3.63, 3.8) is 0 Å².